The van der Waals surface area contributed by atoms with Crippen molar-refractivity contribution in [1.29, 1.82) is 0 Å². The molecule has 4 aromatic rings. The number of amides is 2. The molecule has 22 heteroatoms. The zero-order valence-electron chi connectivity index (χ0n) is 40.1. The van der Waals surface area contributed by atoms with Gasteiger partial charge in [-0.1, -0.05) is 0 Å². The number of Topliss-reactive ketones (excluding diaryl/α,β-unsaturated/α-hetero) is 1. The van der Waals surface area contributed by atoms with Crippen molar-refractivity contribution >= 4 is 53.0 Å². The van der Waals surface area contributed by atoms with E-state index in [1.54, 1.807) is 77.3 Å². The number of pyridine rings is 2. The number of nitro groups is 2. The number of aromatic nitrogens is 2. The van der Waals surface area contributed by atoms with E-state index < -0.39 is 45.5 Å². The van der Waals surface area contributed by atoms with Crippen molar-refractivity contribution in [2.45, 2.75) is 110 Å². The highest BCUT2D eigenvalue weighted by Crippen LogP contribution is 2.33. The highest BCUT2D eigenvalue weighted by molar-refractivity contribution is 5.89. The molecule has 2 amide bonds. The number of hydrogen-bond donors (Lipinski definition) is 3. The molecule has 2 aromatic heterocycles. The molecular weight excluding hydrogens is 899 g/mol. The van der Waals surface area contributed by atoms with Crippen LogP contribution in [0.1, 0.15) is 85.8 Å². The summed E-state index contributed by atoms with van der Waals surface area (Å²) in [6.07, 6.45) is 6.48. The second-order valence-corrected chi connectivity index (χ2v) is 17.7. The van der Waals surface area contributed by atoms with Crippen LogP contribution >= 0.6 is 0 Å². The summed E-state index contributed by atoms with van der Waals surface area (Å²) in [7, 11) is 3.22. The van der Waals surface area contributed by atoms with Crippen LogP contribution in [0, 0.1) is 20.2 Å². The molecule has 4 heterocycles. The fourth-order valence-corrected chi connectivity index (χ4v) is 6.99. The van der Waals surface area contributed by atoms with Crippen molar-refractivity contribution < 1.29 is 52.7 Å². The van der Waals surface area contributed by atoms with Gasteiger partial charge in [0.25, 0.3) is 17.8 Å². The first kappa shape index (κ1) is 53.8. The van der Waals surface area contributed by atoms with Gasteiger partial charge in [0.05, 0.1) is 40.1 Å². The van der Waals surface area contributed by atoms with Crippen molar-refractivity contribution in [3.05, 3.63) is 99.0 Å². The number of piperidine rings is 2. The van der Waals surface area contributed by atoms with Crippen LogP contribution in [0.5, 0.6) is 23.0 Å². The molecule has 2 aliphatic heterocycles. The first-order valence-corrected chi connectivity index (χ1v) is 22.2. The number of rotatable bonds is 13. The number of nitrogens with two attached hydrogens (primary N) is 1. The molecule has 22 nitrogen and oxygen atoms in total. The fraction of sp³-hybridized carbons (Fsp3) is 0.447. The lowest BCUT2D eigenvalue weighted by Crippen LogP contribution is -2.50. The number of anilines is 3. The van der Waals surface area contributed by atoms with Gasteiger partial charge >= 0.3 is 12.2 Å². The number of nitro benzene ring substituents is 2. The van der Waals surface area contributed by atoms with E-state index in [4.69, 9.17) is 29.4 Å². The van der Waals surface area contributed by atoms with Crippen molar-refractivity contribution in [2.24, 2.45) is 0 Å². The Morgan fingerprint density at radius 3 is 1.68 bits per heavy atom. The van der Waals surface area contributed by atoms with Crippen molar-refractivity contribution in [2.75, 3.05) is 43.6 Å². The van der Waals surface area contributed by atoms with Gasteiger partial charge < -0.3 is 40.1 Å². The molecule has 2 aromatic carbocycles. The van der Waals surface area contributed by atoms with Gasteiger partial charge in [0, 0.05) is 58.1 Å². The molecule has 2 unspecified atom stereocenters. The number of carbonyl (C=O) groups is 4. The predicted octanol–water partition coefficient (Wildman–Crippen LogP) is 9.04. The first-order chi connectivity index (χ1) is 32.6. The normalized spacial score (nSPS) is 15.6. The molecule has 6 rings (SSSR count). The van der Waals surface area contributed by atoms with E-state index in [1.807, 2.05) is 20.8 Å². The third-order valence-electron chi connectivity index (χ3n) is 10.0. The SMILES string of the molecule is CC(C)(C)OC(=O)N1CCCCC1OC=O.CNc1ccc(Oc2ccnc(CC(=O)C3CCCCN3C(=O)OC(C)(C)C)c2)cc1[N+](=O)[O-].CNc1ccc(Oc2ccnc(N)c2)cc1[N+](=O)[O-]. The summed E-state index contributed by atoms with van der Waals surface area (Å²) in [5, 5.41) is 27.7. The molecule has 0 aliphatic carbocycles. The van der Waals surface area contributed by atoms with Gasteiger partial charge in [-0.2, -0.15) is 0 Å². The Bertz CT molecular complexity index is 2420. The Hall–Kier alpha value is -7.78. The Labute approximate surface area is 400 Å². The van der Waals surface area contributed by atoms with Gasteiger partial charge in [-0.05, 0) is 110 Å². The van der Waals surface area contributed by atoms with Gasteiger partial charge in [0.2, 0.25) is 0 Å². The summed E-state index contributed by atoms with van der Waals surface area (Å²) in [4.78, 5) is 80.2. The van der Waals surface area contributed by atoms with E-state index in [2.05, 4.69) is 20.6 Å². The van der Waals surface area contributed by atoms with E-state index >= 15 is 0 Å². The number of nitrogens with one attached hydrogen (secondary N) is 2. The zero-order valence-corrected chi connectivity index (χ0v) is 40.1. The maximum atomic E-state index is 13.1. The second-order valence-electron chi connectivity index (χ2n) is 17.7. The lowest BCUT2D eigenvalue weighted by molar-refractivity contribution is -0.384. The van der Waals surface area contributed by atoms with E-state index in [0.29, 0.717) is 72.5 Å². The van der Waals surface area contributed by atoms with Crippen LogP contribution in [0.3, 0.4) is 0 Å². The minimum absolute atomic E-state index is 0.0278. The lowest BCUT2D eigenvalue weighted by atomic mass is 9.96. The molecule has 372 valence electrons. The van der Waals surface area contributed by atoms with E-state index in [1.165, 1.54) is 40.4 Å². The third-order valence-corrected chi connectivity index (χ3v) is 10.0. The largest absolute Gasteiger partial charge is 0.457 e. The van der Waals surface area contributed by atoms with Gasteiger partial charge in [0.1, 0.15) is 51.4 Å². The molecule has 0 saturated carbocycles. The van der Waals surface area contributed by atoms with Crippen LogP contribution in [-0.2, 0) is 30.2 Å². The number of ether oxygens (including phenoxy) is 5. The summed E-state index contributed by atoms with van der Waals surface area (Å²) >= 11 is 0. The van der Waals surface area contributed by atoms with Crippen LogP contribution in [0.4, 0.5) is 38.2 Å². The topological polar surface area (TPSA) is 283 Å². The van der Waals surface area contributed by atoms with Crippen molar-refractivity contribution in [3.8, 4) is 23.0 Å². The lowest BCUT2D eigenvalue weighted by Gasteiger charge is -2.35. The molecule has 2 fully saturated rings. The van der Waals surface area contributed by atoms with Crippen LogP contribution < -0.4 is 25.8 Å². The number of nitrogen functional groups attached to an aromatic ring is 1. The van der Waals surface area contributed by atoms with E-state index in [9.17, 15) is 39.4 Å². The number of nitrogens with zero attached hydrogens (tertiary/aromatic N) is 6. The molecule has 2 aliphatic rings. The van der Waals surface area contributed by atoms with Crippen molar-refractivity contribution in [1.82, 2.24) is 19.8 Å². The Balaban J connectivity index is 0.000000249. The van der Waals surface area contributed by atoms with Gasteiger partial charge in [-0.15, -0.1) is 0 Å². The maximum absolute atomic E-state index is 13.1. The van der Waals surface area contributed by atoms with Crippen LogP contribution in [0.15, 0.2) is 73.1 Å². The van der Waals surface area contributed by atoms with Gasteiger partial charge in [-0.3, -0.25) is 44.6 Å². The molecule has 2 atom stereocenters. The molecule has 0 radical (unpaired) electrons. The summed E-state index contributed by atoms with van der Waals surface area (Å²) in [5.41, 5.74) is 5.48. The molecule has 0 spiro atoms. The number of ketones is 1. The Morgan fingerprint density at radius 1 is 0.710 bits per heavy atom. The molecule has 4 N–H and O–H groups in total. The summed E-state index contributed by atoms with van der Waals surface area (Å²) in [6.45, 7) is 12.2. The van der Waals surface area contributed by atoms with E-state index in [-0.39, 0.29) is 29.3 Å². The first-order valence-electron chi connectivity index (χ1n) is 22.2. The van der Waals surface area contributed by atoms with Gasteiger partial charge in [0.15, 0.2) is 12.0 Å². The minimum Gasteiger partial charge on any atom is -0.457 e. The Morgan fingerprint density at radius 2 is 1.19 bits per heavy atom. The summed E-state index contributed by atoms with van der Waals surface area (Å²) < 4.78 is 26.9. The molecule has 69 heavy (non-hydrogen) atoms. The predicted molar refractivity (Wildman–Crippen MR) is 255 cm³/mol. The highest BCUT2D eigenvalue weighted by Gasteiger charge is 2.35. The van der Waals surface area contributed by atoms with Crippen molar-refractivity contribution in [3.63, 3.8) is 0 Å². The number of benzene rings is 2. The summed E-state index contributed by atoms with van der Waals surface area (Å²) in [6, 6.07) is 14.9. The zero-order chi connectivity index (χ0) is 50.9. The monoisotopic (exact) mass is 959 g/mol. The highest BCUT2D eigenvalue weighted by atomic mass is 16.6. The second kappa shape index (κ2) is 24.8. The third kappa shape index (κ3) is 17.1. The smallest absolute Gasteiger partial charge is 0.413 e. The molecule has 2 saturated heterocycles. The number of carbonyl (C=O) groups excluding carboxylic acids is 4. The van der Waals surface area contributed by atoms with Gasteiger partial charge in [-0.25, -0.2) is 14.6 Å². The summed E-state index contributed by atoms with van der Waals surface area (Å²) in [5.74, 6) is 1.72. The van der Waals surface area contributed by atoms with Crippen LogP contribution in [-0.4, -0.2) is 105 Å². The molecule has 0 bridgehead atoms. The van der Waals surface area contributed by atoms with Crippen LogP contribution in [0.25, 0.3) is 0 Å². The quantitative estimate of drug-likeness (QED) is 0.0487. The average Bonchev–Trinajstić information content (AvgIpc) is 3.28. The van der Waals surface area contributed by atoms with Crippen LogP contribution in [0.2, 0.25) is 0 Å². The average molecular weight is 960 g/mol. The maximum Gasteiger partial charge on any atom is 0.413 e. The Kier molecular flexibility index (Phi) is 19.4. The molecular formula is C47H61N9O13. The number of likely N-dealkylation sites (tertiary alicyclic amines) is 2. The fourth-order valence-electron chi connectivity index (χ4n) is 6.99. The minimum atomic E-state index is -0.643. The van der Waals surface area contributed by atoms with E-state index in [0.717, 1.165) is 25.7 Å². The standard InChI is InChI=1S/C24H30N4O6.C12H12N4O3.C11H19NO4/c1-24(2,3)34-23(30)27-12-6-5-7-20(27)22(29)14-16-13-18(10-11-26-16)33-17-8-9-19(25-4)21(15-17)28(31)32;1-14-10-3-2-8(6-11(10)16(17)18)19-9-4-5-15-12(13)7-9;1-11(2,3)16-10(14)12-7-5-4-6-9(12)15-8-13/h8-11,13,15,20,25H,5-7,12,14H2,1-4H3;2-7,14H,1H3,(H2,13,15);8-9H,4-7H2,1-3H3. The number of hydrogen-bond acceptors (Lipinski definition) is 18.